The summed E-state index contributed by atoms with van der Waals surface area (Å²) in [6, 6.07) is 14.1. The Bertz CT molecular complexity index is 949. The number of hydrogen-bond acceptors (Lipinski definition) is 3. The number of anilines is 1. The summed E-state index contributed by atoms with van der Waals surface area (Å²) in [7, 11) is 3.78. The van der Waals surface area contributed by atoms with E-state index in [0.717, 1.165) is 16.6 Å². The molecule has 3 rings (SSSR count). The highest BCUT2D eigenvalue weighted by Gasteiger charge is 2.12. The largest absolute Gasteiger partial charge is 0.378 e. The number of rotatable bonds is 3. The number of hydrazine groups is 1. The molecule has 0 aliphatic heterocycles. The van der Waals surface area contributed by atoms with Gasteiger partial charge in [0, 0.05) is 41.3 Å². The molecule has 25 heavy (non-hydrogen) atoms. The Morgan fingerprint density at radius 2 is 1.76 bits per heavy atom. The molecule has 7 heteroatoms. The first-order chi connectivity index (χ1) is 11.9. The second-order valence-electron chi connectivity index (χ2n) is 5.77. The van der Waals surface area contributed by atoms with Crippen molar-refractivity contribution in [2.75, 3.05) is 19.0 Å². The molecule has 0 atom stereocenters. The summed E-state index contributed by atoms with van der Waals surface area (Å²) >= 11 is 5.94. The van der Waals surface area contributed by atoms with Gasteiger partial charge in [-0.15, -0.1) is 0 Å². The number of nitrogens with zero attached hydrogens (tertiary/aromatic N) is 1. The van der Waals surface area contributed by atoms with Gasteiger partial charge in [-0.2, -0.15) is 0 Å². The Morgan fingerprint density at radius 3 is 2.52 bits per heavy atom. The van der Waals surface area contributed by atoms with Gasteiger partial charge in [0.25, 0.3) is 11.8 Å². The number of aromatic amines is 1. The number of benzene rings is 2. The topological polar surface area (TPSA) is 77.2 Å². The monoisotopic (exact) mass is 356 g/mol. The molecule has 0 unspecified atom stereocenters. The second-order valence-corrected chi connectivity index (χ2v) is 6.20. The fourth-order valence-electron chi connectivity index (χ4n) is 2.40. The second kappa shape index (κ2) is 6.86. The van der Waals surface area contributed by atoms with Crippen LogP contribution in [0.25, 0.3) is 10.9 Å². The van der Waals surface area contributed by atoms with Gasteiger partial charge in [0.05, 0.1) is 0 Å². The Morgan fingerprint density at radius 1 is 1.00 bits per heavy atom. The van der Waals surface area contributed by atoms with E-state index in [1.807, 2.05) is 25.1 Å². The number of hydrogen-bond donors (Lipinski definition) is 3. The Balaban J connectivity index is 1.68. The van der Waals surface area contributed by atoms with E-state index in [-0.39, 0.29) is 0 Å². The summed E-state index contributed by atoms with van der Waals surface area (Å²) in [4.78, 5) is 29.3. The molecule has 0 bridgehead atoms. The standard InChI is InChI=1S/C18H17ClN4O2/c1-23(2)14-5-3-4-11(9-14)17(24)21-22-18(25)16-10-12-8-13(19)6-7-15(12)20-16/h3-10,20H,1-2H3,(H,21,24)(H,22,25). The van der Waals surface area contributed by atoms with Crippen LogP contribution in [0, 0.1) is 0 Å². The third-order valence-corrected chi connectivity index (χ3v) is 3.98. The quantitative estimate of drug-likeness (QED) is 0.631. The lowest BCUT2D eigenvalue weighted by Crippen LogP contribution is -2.41. The fourth-order valence-corrected chi connectivity index (χ4v) is 2.58. The van der Waals surface area contributed by atoms with Gasteiger partial charge in [-0.1, -0.05) is 17.7 Å². The number of nitrogens with one attached hydrogen (secondary N) is 3. The van der Waals surface area contributed by atoms with Gasteiger partial charge in [-0.3, -0.25) is 20.4 Å². The number of carbonyl (C=O) groups is 2. The molecule has 0 saturated carbocycles. The van der Waals surface area contributed by atoms with Crippen LogP contribution in [-0.2, 0) is 0 Å². The first-order valence-electron chi connectivity index (χ1n) is 7.60. The smallest absolute Gasteiger partial charge is 0.286 e. The average Bonchev–Trinajstić information content (AvgIpc) is 3.02. The zero-order valence-corrected chi connectivity index (χ0v) is 14.5. The number of halogens is 1. The molecule has 0 aliphatic carbocycles. The highest BCUT2D eigenvalue weighted by atomic mass is 35.5. The van der Waals surface area contributed by atoms with E-state index in [9.17, 15) is 9.59 Å². The minimum atomic E-state index is -0.440. The van der Waals surface area contributed by atoms with Crippen molar-refractivity contribution < 1.29 is 9.59 Å². The van der Waals surface area contributed by atoms with Crippen LogP contribution in [0.3, 0.4) is 0 Å². The molecule has 0 spiro atoms. The molecule has 3 aromatic rings. The van der Waals surface area contributed by atoms with E-state index in [4.69, 9.17) is 11.6 Å². The van der Waals surface area contributed by atoms with E-state index in [1.54, 1.807) is 42.5 Å². The minimum absolute atomic E-state index is 0.333. The Hall–Kier alpha value is -2.99. The summed E-state index contributed by atoms with van der Waals surface area (Å²) in [6.07, 6.45) is 0. The van der Waals surface area contributed by atoms with Crippen LogP contribution in [0.4, 0.5) is 5.69 Å². The van der Waals surface area contributed by atoms with Gasteiger partial charge in [0.15, 0.2) is 0 Å². The first kappa shape index (κ1) is 16.9. The zero-order valence-electron chi connectivity index (χ0n) is 13.8. The SMILES string of the molecule is CN(C)c1cccc(C(=O)NNC(=O)c2cc3cc(Cl)ccc3[nH]2)c1. The van der Waals surface area contributed by atoms with Crippen LogP contribution in [0.15, 0.2) is 48.5 Å². The maximum absolute atomic E-state index is 12.2. The van der Waals surface area contributed by atoms with Crippen molar-refractivity contribution in [2.45, 2.75) is 0 Å². The van der Waals surface area contributed by atoms with E-state index >= 15 is 0 Å². The molecule has 1 aromatic heterocycles. The van der Waals surface area contributed by atoms with Crippen molar-refractivity contribution in [3.05, 3.63) is 64.8 Å². The molecule has 0 radical (unpaired) electrons. The first-order valence-corrected chi connectivity index (χ1v) is 7.98. The van der Waals surface area contributed by atoms with E-state index < -0.39 is 11.8 Å². The molecule has 6 nitrogen and oxygen atoms in total. The lowest BCUT2D eigenvalue weighted by Gasteiger charge is -2.13. The summed E-state index contributed by atoms with van der Waals surface area (Å²) in [5.41, 5.74) is 7.29. The molecule has 128 valence electrons. The van der Waals surface area contributed by atoms with Crippen LogP contribution < -0.4 is 15.8 Å². The minimum Gasteiger partial charge on any atom is -0.378 e. The maximum atomic E-state index is 12.2. The van der Waals surface area contributed by atoms with Gasteiger partial charge in [-0.05, 0) is 42.5 Å². The molecular weight excluding hydrogens is 340 g/mol. The van der Waals surface area contributed by atoms with Gasteiger partial charge < -0.3 is 9.88 Å². The van der Waals surface area contributed by atoms with E-state index in [2.05, 4.69) is 15.8 Å². The normalized spacial score (nSPS) is 10.5. The molecule has 2 aromatic carbocycles. The summed E-state index contributed by atoms with van der Waals surface area (Å²) in [6.45, 7) is 0. The zero-order chi connectivity index (χ0) is 18.0. The number of carbonyl (C=O) groups excluding carboxylic acids is 2. The van der Waals surface area contributed by atoms with Gasteiger partial charge in [0.2, 0.25) is 0 Å². The number of fused-ring (bicyclic) bond motifs is 1. The highest BCUT2D eigenvalue weighted by Crippen LogP contribution is 2.20. The molecule has 2 amide bonds. The number of aromatic nitrogens is 1. The predicted octanol–water partition coefficient (Wildman–Crippen LogP) is 2.96. The Kier molecular flexibility index (Phi) is 4.63. The number of amides is 2. The summed E-state index contributed by atoms with van der Waals surface area (Å²) < 4.78 is 0. The highest BCUT2D eigenvalue weighted by molar-refractivity contribution is 6.31. The lowest BCUT2D eigenvalue weighted by atomic mass is 10.2. The lowest BCUT2D eigenvalue weighted by molar-refractivity contribution is 0.0844. The third kappa shape index (κ3) is 3.75. The molecule has 1 heterocycles. The van der Waals surface area contributed by atoms with Crippen molar-refractivity contribution in [3.8, 4) is 0 Å². The molecule has 0 aliphatic rings. The Labute approximate surface area is 149 Å². The maximum Gasteiger partial charge on any atom is 0.286 e. The summed E-state index contributed by atoms with van der Waals surface area (Å²) in [5.74, 6) is -0.833. The van der Waals surface area contributed by atoms with Crippen LogP contribution >= 0.6 is 11.6 Å². The van der Waals surface area contributed by atoms with Crippen molar-refractivity contribution in [1.82, 2.24) is 15.8 Å². The summed E-state index contributed by atoms with van der Waals surface area (Å²) in [5, 5.41) is 1.41. The van der Waals surface area contributed by atoms with E-state index in [1.165, 1.54) is 0 Å². The van der Waals surface area contributed by atoms with Crippen LogP contribution in [0.1, 0.15) is 20.8 Å². The third-order valence-electron chi connectivity index (χ3n) is 3.74. The molecule has 3 N–H and O–H groups in total. The molecule has 0 fully saturated rings. The van der Waals surface area contributed by atoms with Crippen molar-refractivity contribution >= 4 is 40.0 Å². The fraction of sp³-hybridized carbons (Fsp3) is 0.111. The van der Waals surface area contributed by atoms with Crippen molar-refractivity contribution in [2.24, 2.45) is 0 Å². The van der Waals surface area contributed by atoms with Gasteiger partial charge in [-0.25, -0.2) is 0 Å². The van der Waals surface area contributed by atoms with Crippen molar-refractivity contribution in [3.63, 3.8) is 0 Å². The van der Waals surface area contributed by atoms with E-state index in [0.29, 0.717) is 16.3 Å². The average molecular weight is 357 g/mol. The van der Waals surface area contributed by atoms with Crippen LogP contribution in [-0.4, -0.2) is 30.9 Å². The van der Waals surface area contributed by atoms with Crippen LogP contribution in [0.5, 0.6) is 0 Å². The van der Waals surface area contributed by atoms with Gasteiger partial charge in [0.1, 0.15) is 5.69 Å². The molecule has 0 saturated heterocycles. The van der Waals surface area contributed by atoms with Gasteiger partial charge >= 0.3 is 0 Å². The molecular formula is C18H17ClN4O2. The van der Waals surface area contributed by atoms with Crippen molar-refractivity contribution in [1.29, 1.82) is 0 Å². The number of H-pyrrole nitrogens is 1. The predicted molar refractivity (Wildman–Crippen MR) is 99.0 cm³/mol. The van der Waals surface area contributed by atoms with Crippen LogP contribution in [0.2, 0.25) is 5.02 Å².